The van der Waals surface area contributed by atoms with Gasteiger partial charge in [-0.25, -0.2) is 0 Å². The van der Waals surface area contributed by atoms with Gasteiger partial charge in [-0.3, -0.25) is 14.6 Å². The number of hydrogen-bond donors (Lipinski definition) is 0. The van der Waals surface area contributed by atoms with Crippen LogP contribution in [0.1, 0.15) is 43.0 Å². The third-order valence-electron chi connectivity index (χ3n) is 7.95. The Balaban J connectivity index is 1.31. The lowest BCUT2D eigenvalue weighted by atomic mass is 9.91. The summed E-state index contributed by atoms with van der Waals surface area (Å²) in [6.07, 6.45) is 3.13. The molecule has 0 bridgehead atoms. The molecule has 0 aliphatic carbocycles. The third kappa shape index (κ3) is 5.92. The van der Waals surface area contributed by atoms with Crippen molar-refractivity contribution in [3.05, 3.63) is 65.4 Å². The maximum absolute atomic E-state index is 13.9. The van der Waals surface area contributed by atoms with Gasteiger partial charge in [0.2, 0.25) is 0 Å². The molecule has 3 heterocycles. The molecule has 2 aliphatic heterocycles. The van der Waals surface area contributed by atoms with Crippen molar-refractivity contribution in [2.45, 2.75) is 52.1 Å². The van der Waals surface area contributed by atoms with Crippen molar-refractivity contribution in [2.75, 3.05) is 46.0 Å². The number of likely N-dealkylation sites (N-methyl/N-ethyl adjacent to an activating group) is 1. The van der Waals surface area contributed by atoms with E-state index in [0.717, 1.165) is 47.2 Å². The second-order valence-electron chi connectivity index (χ2n) is 10.7. The number of carbonyl (C=O) groups excluding carboxylic acids is 2. The molecule has 40 heavy (non-hydrogen) atoms. The van der Waals surface area contributed by atoms with Crippen molar-refractivity contribution in [1.82, 2.24) is 14.8 Å². The molecule has 1 atom stereocenters. The molecular weight excluding hydrogens is 506 g/mol. The molecule has 2 aliphatic rings. The predicted octanol–water partition coefficient (Wildman–Crippen LogP) is 4.48. The Labute approximate surface area is 236 Å². The number of hydrogen-bond acceptors (Lipinski definition) is 6. The molecule has 8 heteroatoms. The molecule has 3 aromatic rings. The van der Waals surface area contributed by atoms with Gasteiger partial charge in [0, 0.05) is 30.2 Å². The number of carbonyl (C=O) groups is 2. The van der Waals surface area contributed by atoms with Crippen LogP contribution in [-0.4, -0.2) is 78.2 Å². The first kappa shape index (κ1) is 27.9. The van der Waals surface area contributed by atoms with E-state index in [-0.39, 0.29) is 25.0 Å². The summed E-state index contributed by atoms with van der Waals surface area (Å²) in [6, 6.07) is 15.9. The zero-order valence-corrected chi connectivity index (χ0v) is 23.8. The lowest BCUT2D eigenvalue weighted by Crippen LogP contribution is -2.62. The highest BCUT2D eigenvalue weighted by atomic mass is 16.5. The van der Waals surface area contributed by atoms with Crippen LogP contribution in [-0.2, 0) is 20.7 Å². The fourth-order valence-corrected chi connectivity index (χ4v) is 5.75. The number of amides is 2. The number of aryl methyl sites for hydroxylation is 3. The number of morpholine rings is 1. The highest BCUT2D eigenvalue weighted by molar-refractivity contribution is 5.89. The molecule has 5 rings (SSSR count). The Morgan fingerprint density at radius 1 is 1.07 bits per heavy atom. The fourth-order valence-electron chi connectivity index (χ4n) is 5.75. The van der Waals surface area contributed by atoms with Crippen molar-refractivity contribution >= 4 is 22.7 Å². The molecule has 1 unspecified atom stereocenters. The maximum atomic E-state index is 13.9. The quantitative estimate of drug-likeness (QED) is 0.481. The third-order valence-corrected chi connectivity index (χ3v) is 7.95. The van der Waals surface area contributed by atoms with Crippen LogP contribution in [0.15, 0.2) is 48.5 Å². The van der Waals surface area contributed by atoms with E-state index in [2.05, 4.69) is 11.1 Å². The lowest BCUT2D eigenvalue weighted by Gasteiger charge is -2.44. The second-order valence-corrected chi connectivity index (χ2v) is 10.7. The van der Waals surface area contributed by atoms with Gasteiger partial charge < -0.3 is 24.0 Å². The van der Waals surface area contributed by atoms with E-state index in [1.54, 1.807) is 9.80 Å². The standard InChI is InChI=1S/C32H39N3O5/c1-4-34-16-18-38-27-14-6-5-11-25(27)12-7-8-15-32(31(34)37)22-35(17-19-40-32)29(36)21-39-28-20-24(3)33-30-23(2)10-9-13-26(28)30/h5-6,9-11,13-14,20H,4,7-8,12,15-19,21-22H2,1-3H3. The minimum absolute atomic E-state index is 0.0721. The van der Waals surface area contributed by atoms with Crippen molar-refractivity contribution in [2.24, 2.45) is 0 Å². The molecule has 8 nitrogen and oxygen atoms in total. The van der Waals surface area contributed by atoms with E-state index >= 15 is 0 Å². The van der Waals surface area contributed by atoms with E-state index in [1.165, 1.54) is 5.56 Å². The van der Waals surface area contributed by atoms with Crippen LogP contribution in [0.5, 0.6) is 11.5 Å². The molecule has 1 fully saturated rings. The van der Waals surface area contributed by atoms with Crippen molar-refractivity contribution in [3.8, 4) is 11.5 Å². The molecule has 0 radical (unpaired) electrons. The Morgan fingerprint density at radius 3 is 2.77 bits per heavy atom. The monoisotopic (exact) mass is 545 g/mol. The Hall–Kier alpha value is -3.65. The normalized spacial score (nSPS) is 20.4. The number of pyridine rings is 1. The van der Waals surface area contributed by atoms with Gasteiger partial charge >= 0.3 is 0 Å². The number of fused-ring (bicyclic) bond motifs is 2. The summed E-state index contributed by atoms with van der Waals surface area (Å²) in [5, 5.41) is 0.883. The van der Waals surface area contributed by atoms with Gasteiger partial charge in [-0.2, -0.15) is 0 Å². The van der Waals surface area contributed by atoms with E-state index in [0.29, 0.717) is 45.0 Å². The van der Waals surface area contributed by atoms with Crippen LogP contribution < -0.4 is 9.47 Å². The summed E-state index contributed by atoms with van der Waals surface area (Å²) in [5.41, 5.74) is 2.88. The fraction of sp³-hybridized carbons (Fsp3) is 0.469. The second kappa shape index (κ2) is 12.3. The van der Waals surface area contributed by atoms with E-state index in [4.69, 9.17) is 14.2 Å². The molecule has 0 saturated carbocycles. The molecule has 0 N–H and O–H groups in total. The zero-order valence-electron chi connectivity index (χ0n) is 23.8. The summed E-state index contributed by atoms with van der Waals surface area (Å²) < 4.78 is 18.4. The Bertz CT molecular complexity index is 1380. The van der Waals surface area contributed by atoms with E-state index in [1.807, 2.05) is 63.2 Å². The van der Waals surface area contributed by atoms with Crippen LogP contribution in [0.4, 0.5) is 0 Å². The Morgan fingerprint density at radius 2 is 1.93 bits per heavy atom. The number of aromatic nitrogens is 1. The van der Waals surface area contributed by atoms with Gasteiger partial charge in [0.15, 0.2) is 12.2 Å². The van der Waals surface area contributed by atoms with Crippen LogP contribution >= 0.6 is 0 Å². The minimum atomic E-state index is -1.07. The predicted molar refractivity (Wildman–Crippen MR) is 154 cm³/mol. The highest BCUT2D eigenvalue weighted by Crippen LogP contribution is 2.31. The van der Waals surface area contributed by atoms with E-state index < -0.39 is 5.60 Å². The van der Waals surface area contributed by atoms with Gasteiger partial charge in [0.25, 0.3) is 11.8 Å². The number of benzene rings is 2. The largest absolute Gasteiger partial charge is 0.491 e. The minimum Gasteiger partial charge on any atom is -0.491 e. The summed E-state index contributed by atoms with van der Waals surface area (Å²) in [6.45, 7) is 8.15. The van der Waals surface area contributed by atoms with Crippen LogP contribution in [0, 0.1) is 13.8 Å². The molecule has 1 aromatic heterocycles. The molecule has 2 aromatic carbocycles. The summed E-state index contributed by atoms with van der Waals surface area (Å²) in [5.74, 6) is 1.30. The van der Waals surface area contributed by atoms with Crippen LogP contribution in [0.3, 0.4) is 0 Å². The first-order valence-corrected chi connectivity index (χ1v) is 14.3. The SMILES string of the molecule is CCN1CCOc2ccccc2CCCCC2(CN(C(=O)COc3cc(C)nc4c(C)cccc34)CCO2)C1=O. The summed E-state index contributed by atoms with van der Waals surface area (Å²) in [7, 11) is 0. The number of rotatable bonds is 4. The topological polar surface area (TPSA) is 81.2 Å². The van der Waals surface area contributed by atoms with Crippen molar-refractivity contribution < 1.29 is 23.8 Å². The lowest BCUT2D eigenvalue weighted by molar-refractivity contribution is -0.177. The summed E-state index contributed by atoms with van der Waals surface area (Å²) in [4.78, 5) is 35.6. The number of para-hydroxylation sites is 2. The smallest absolute Gasteiger partial charge is 0.260 e. The molecular formula is C32H39N3O5. The highest BCUT2D eigenvalue weighted by Gasteiger charge is 2.46. The van der Waals surface area contributed by atoms with Gasteiger partial charge in [-0.15, -0.1) is 0 Å². The first-order chi connectivity index (χ1) is 19.4. The van der Waals surface area contributed by atoms with Gasteiger partial charge in [-0.1, -0.05) is 30.3 Å². The van der Waals surface area contributed by atoms with Gasteiger partial charge in [0.1, 0.15) is 18.1 Å². The van der Waals surface area contributed by atoms with Gasteiger partial charge in [-0.05, 0) is 69.7 Å². The van der Waals surface area contributed by atoms with Crippen molar-refractivity contribution in [3.63, 3.8) is 0 Å². The first-order valence-electron chi connectivity index (χ1n) is 14.3. The molecule has 2 amide bonds. The van der Waals surface area contributed by atoms with Gasteiger partial charge in [0.05, 0.1) is 25.2 Å². The Kier molecular flexibility index (Phi) is 8.54. The number of ether oxygens (including phenoxy) is 3. The van der Waals surface area contributed by atoms with Crippen LogP contribution in [0.2, 0.25) is 0 Å². The van der Waals surface area contributed by atoms with E-state index in [9.17, 15) is 9.59 Å². The zero-order chi connectivity index (χ0) is 28.1. The average Bonchev–Trinajstić information content (AvgIpc) is 2.96. The average molecular weight is 546 g/mol. The molecule has 212 valence electrons. The number of nitrogens with zero attached hydrogens (tertiary/aromatic N) is 3. The van der Waals surface area contributed by atoms with Crippen LogP contribution in [0.25, 0.3) is 10.9 Å². The molecule has 1 saturated heterocycles. The molecule has 1 spiro atoms. The van der Waals surface area contributed by atoms with Crippen molar-refractivity contribution in [1.29, 1.82) is 0 Å². The maximum Gasteiger partial charge on any atom is 0.260 e. The summed E-state index contributed by atoms with van der Waals surface area (Å²) >= 11 is 0.